The molecule has 0 radical (unpaired) electrons. The van der Waals surface area contributed by atoms with Gasteiger partial charge in [-0.15, -0.1) is 11.8 Å². The Kier molecular flexibility index (Phi) is 4.89. The Hall–Kier alpha value is -0.510. The normalized spacial score (nSPS) is 20.1. The van der Waals surface area contributed by atoms with Gasteiger partial charge in [-0.3, -0.25) is 0 Å². The number of nitrogens with zero attached hydrogens (tertiary/aromatic N) is 1. The standard InChI is InChI=1S/C14H22N2S/c1-16(11-13-7-8-15-9-13)10-12-3-5-14(17-2)6-4-12/h3-6,13,15H,7-11H2,1-2H3. The second-order valence-electron chi connectivity index (χ2n) is 4.90. The fourth-order valence-corrected chi connectivity index (χ4v) is 2.83. The minimum absolute atomic E-state index is 0.838. The Morgan fingerprint density at radius 3 is 2.71 bits per heavy atom. The van der Waals surface area contributed by atoms with Crippen molar-refractivity contribution in [2.45, 2.75) is 17.9 Å². The molecule has 0 aromatic heterocycles. The van der Waals surface area contributed by atoms with Gasteiger partial charge < -0.3 is 10.2 Å². The largest absolute Gasteiger partial charge is 0.316 e. The molecule has 1 atom stereocenters. The monoisotopic (exact) mass is 250 g/mol. The molecule has 0 aliphatic carbocycles. The van der Waals surface area contributed by atoms with Crippen LogP contribution in [-0.4, -0.2) is 37.8 Å². The molecule has 1 aliphatic heterocycles. The molecule has 1 aliphatic rings. The van der Waals surface area contributed by atoms with Crippen LogP contribution >= 0.6 is 11.8 Å². The Balaban J connectivity index is 1.81. The molecular weight excluding hydrogens is 228 g/mol. The van der Waals surface area contributed by atoms with Crippen LogP contribution in [0.5, 0.6) is 0 Å². The maximum atomic E-state index is 3.43. The highest BCUT2D eigenvalue weighted by molar-refractivity contribution is 7.98. The summed E-state index contributed by atoms with van der Waals surface area (Å²) in [7, 11) is 2.22. The molecule has 17 heavy (non-hydrogen) atoms. The molecule has 1 N–H and O–H groups in total. The van der Waals surface area contributed by atoms with Crippen LogP contribution in [0.15, 0.2) is 29.2 Å². The zero-order valence-corrected chi connectivity index (χ0v) is 11.6. The lowest BCUT2D eigenvalue weighted by Crippen LogP contribution is -2.26. The third-order valence-corrected chi connectivity index (χ3v) is 4.09. The minimum atomic E-state index is 0.838. The molecule has 0 bridgehead atoms. The molecule has 2 rings (SSSR count). The number of rotatable bonds is 5. The first kappa shape index (κ1) is 12.9. The molecular formula is C14H22N2S. The summed E-state index contributed by atoms with van der Waals surface area (Å²) >= 11 is 1.80. The summed E-state index contributed by atoms with van der Waals surface area (Å²) in [5, 5.41) is 3.43. The Labute approximate surface area is 109 Å². The molecule has 1 saturated heterocycles. The lowest BCUT2D eigenvalue weighted by Gasteiger charge is -2.20. The summed E-state index contributed by atoms with van der Waals surface area (Å²) in [6, 6.07) is 8.92. The first-order valence-corrected chi connectivity index (χ1v) is 7.52. The zero-order chi connectivity index (χ0) is 12.1. The van der Waals surface area contributed by atoms with Crippen LogP contribution in [0.25, 0.3) is 0 Å². The summed E-state index contributed by atoms with van der Waals surface area (Å²) < 4.78 is 0. The van der Waals surface area contributed by atoms with Crippen LogP contribution in [0, 0.1) is 5.92 Å². The average molecular weight is 250 g/mol. The van der Waals surface area contributed by atoms with Crippen molar-refractivity contribution in [2.75, 3.05) is 32.9 Å². The fourth-order valence-electron chi connectivity index (χ4n) is 2.42. The van der Waals surface area contributed by atoms with E-state index in [1.54, 1.807) is 11.8 Å². The summed E-state index contributed by atoms with van der Waals surface area (Å²) in [4.78, 5) is 3.78. The molecule has 0 saturated carbocycles. The Bertz CT molecular complexity index is 331. The number of hydrogen-bond acceptors (Lipinski definition) is 3. The third kappa shape index (κ3) is 4.02. The second-order valence-corrected chi connectivity index (χ2v) is 5.78. The predicted molar refractivity (Wildman–Crippen MR) is 75.5 cm³/mol. The van der Waals surface area contributed by atoms with Crippen LogP contribution in [0.4, 0.5) is 0 Å². The van der Waals surface area contributed by atoms with Crippen LogP contribution in [0.3, 0.4) is 0 Å². The fraction of sp³-hybridized carbons (Fsp3) is 0.571. The first-order valence-electron chi connectivity index (χ1n) is 6.30. The van der Waals surface area contributed by atoms with Crippen molar-refractivity contribution in [3.63, 3.8) is 0 Å². The van der Waals surface area contributed by atoms with Gasteiger partial charge in [0, 0.05) is 18.0 Å². The highest BCUT2D eigenvalue weighted by Crippen LogP contribution is 2.16. The average Bonchev–Trinajstić information content (AvgIpc) is 2.82. The van der Waals surface area contributed by atoms with Gasteiger partial charge >= 0.3 is 0 Å². The lowest BCUT2D eigenvalue weighted by atomic mass is 10.1. The summed E-state index contributed by atoms with van der Waals surface area (Å²) in [5.41, 5.74) is 1.41. The van der Waals surface area contributed by atoms with Gasteiger partial charge in [-0.05, 0) is 56.4 Å². The van der Waals surface area contributed by atoms with Gasteiger partial charge in [0.05, 0.1) is 0 Å². The number of thioether (sulfide) groups is 1. The molecule has 1 unspecified atom stereocenters. The molecule has 2 nitrogen and oxygen atoms in total. The Morgan fingerprint density at radius 1 is 1.35 bits per heavy atom. The Morgan fingerprint density at radius 2 is 2.12 bits per heavy atom. The van der Waals surface area contributed by atoms with E-state index in [0.29, 0.717) is 0 Å². The van der Waals surface area contributed by atoms with Gasteiger partial charge in [0.1, 0.15) is 0 Å². The van der Waals surface area contributed by atoms with Crippen LogP contribution < -0.4 is 5.32 Å². The van der Waals surface area contributed by atoms with Gasteiger partial charge in [0.15, 0.2) is 0 Å². The smallest absolute Gasteiger partial charge is 0.0230 e. The van der Waals surface area contributed by atoms with E-state index < -0.39 is 0 Å². The summed E-state index contributed by atoms with van der Waals surface area (Å²) in [5.74, 6) is 0.838. The van der Waals surface area contributed by atoms with E-state index in [1.807, 2.05) is 0 Å². The molecule has 3 heteroatoms. The lowest BCUT2D eigenvalue weighted by molar-refractivity contribution is 0.278. The number of benzene rings is 1. The van der Waals surface area contributed by atoms with Crippen molar-refractivity contribution in [3.05, 3.63) is 29.8 Å². The van der Waals surface area contributed by atoms with Gasteiger partial charge in [-0.1, -0.05) is 12.1 Å². The van der Waals surface area contributed by atoms with Gasteiger partial charge in [0.25, 0.3) is 0 Å². The van der Waals surface area contributed by atoms with Gasteiger partial charge in [-0.2, -0.15) is 0 Å². The third-order valence-electron chi connectivity index (χ3n) is 3.34. The van der Waals surface area contributed by atoms with E-state index in [2.05, 4.69) is 47.8 Å². The highest BCUT2D eigenvalue weighted by Gasteiger charge is 2.16. The maximum absolute atomic E-state index is 3.43. The topological polar surface area (TPSA) is 15.3 Å². The quantitative estimate of drug-likeness (QED) is 0.808. The van der Waals surface area contributed by atoms with Crippen molar-refractivity contribution in [1.82, 2.24) is 10.2 Å². The number of hydrogen-bond donors (Lipinski definition) is 1. The number of nitrogens with one attached hydrogen (secondary N) is 1. The van der Waals surface area contributed by atoms with Crippen molar-refractivity contribution in [3.8, 4) is 0 Å². The first-order chi connectivity index (χ1) is 8.28. The van der Waals surface area contributed by atoms with Crippen LogP contribution in [-0.2, 0) is 6.54 Å². The van der Waals surface area contributed by atoms with E-state index in [9.17, 15) is 0 Å². The second kappa shape index (κ2) is 6.43. The SMILES string of the molecule is CSc1ccc(CN(C)CC2CCNC2)cc1. The van der Waals surface area contributed by atoms with Gasteiger partial charge in [0.2, 0.25) is 0 Å². The molecule has 1 heterocycles. The molecule has 0 spiro atoms. The molecule has 1 fully saturated rings. The summed E-state index contributed by atoms with van der Waals surface area (Å²) in [6.07, 6.45) is 3.45. The van der Waals surface area contributed by atoms with E-state index in [4.69, 9.17) is 0 Å². The van der Waals surface area contributed by atoms with Crippen molar-refractivity contribution in [1.29, 1.82) is 0 Å². The van der Waals surface area contributed by atoms with Crippen molar-refractivity contribution in [2.24, 2.45) is 5.92 Å². The molecule has 94 valence electrons. The molecule has 1 aromatic rings. The van der Waals surface area contributed by atoms with Crippen molar-refractivity contribution < 1.29 is 0 Å². The predicted octanol–water partition coefficient (Wildman–Crippen LogP) is 2.45. The van der Waals surface area contributed by atoms with E-state index in [0.717, 1.165) is 12.5 Å². The molecule has 1 aromatic carbocycles. The highest BCUT2D eigenvalue weighted by atomic mass is 32.2. The van der Waals surface area contributed by atoms with Crippen LogP contribution in [0.1, 0.15) is 12.0 Å². The van der Waals surface area contributed by atoms with E-state index in [-0.39, 0.29) is 0 Å². The van der Waals surface area contributed by atoms with E-state index in [1.165, 1.54) is 36.5 Å². The minimum Gasteiger partial charge on any atom is -0.316 e. The molecule has 0 amide bonds. The van der Waals surface area contributed by atoms with Crippen molar-refractivity contribution >= 4 is 11.8 Å². The van der Waals surface area contributed by atoms with E-state index >= 15 is 0 Å². The van der Waals surface area contributed by atoms with Crippen LogP contribution in [0.2, 0.25) is 0 Å². The van der Waals surface area contributed by atoms with Gasteiger partial charge in [-0.25, -0.2) is 0 Å². The summed E-state index contributed by atoms with van der Waals surface area (Å²) in [6.45, 7) is 4.65. The zero-order valence-electron chi connectivity index (χ0n) is 10.8. The maximum Gasteiger partial charge on any atom is 0.0230 e.